The SMILES string of the molecule is CC(N)CC(=N)c1c[c]ccc1. The normalized spacial score (nSPS) is 12.5. The number of benzene rings is 1. The highest BCUT2D eigenvalue weighted by Gasteiger charge is 2.02. The van der Waals surface area contributed by atoms with E-state index in [4.69, 9.17) is 11.1 Å². The van der Waals surface area contributed by atoms with Crippen LogP contribution < -0.4 is 5.73 Å². The van der Waals surface area contributed by atoms with Gasteiger partial charge < -0.3 is 11.1 Å². The molecule has 0 saturated heterocycles. The smallest absolute Gasteiger partial charge is 0.0401 e. The summed E-state index contributed by atoms with van der Waals surface area (Å²) in [7, 11) is 0. The zero-order valence-corrected chi connectivity index (χ0v) is 7.17. The van der Waals surface area contributed by atoms with Crippen LogP contribution in [-0.2, 0) is 0 Å². The molecule has 2 heteroatoms. The number of hydrogen-bond acceptors (Lipinski definition) is 2. The molecule has 0 fully saturated rings. The molecule has 0 saturated carbocycles. The van der Waals surface area contributed by atoms with Crippen molar-refractivity contribution < 1.29 is 0 Å². The van der Waals surface area contributed by atoms with Gasteiger partial charge in [0.15, 0.2) is 0 Å². The maximum Gasteiger partial charge on any atom is 0.0401 e. The Morgan fingerprint density at radius 3 is 3.00 bits per heavy atom. The highest BCUT2D eigenvalue weighted by molar-refractivity contribution is 5.98. The number of nitrogens with two attached hydrogens (primary N) is 1. The van der Waals surface area contributed by atoms with E-state index in [0.29, 0.717) is 12.1 Å². The van der Waals surface area contributed by atoms with Crippen molar-refractivity contribution in [3.63, 3.8) is 0 Å². The Morgan fingerprint density at radius 2 is 2.50 bits per heavy atom. The van der Waals surface area contributed by atoms with E-state index in [-0.39, 0.29) is 6.04 Å². The largest absolute Gasteiger partial charge is 0.328 e. The Bertz CT molecular complexity index is 252. The second-order valence-corrected chi connectivity index (χ2v) is 2.95. The summed E-state index contributed by atoms with van der Waals surface area (Å²) in [5.41, 5.74) is 7.08. The predicted molar refractivity (Wildman–Crippen MR) is 50.4 cm³/mol. The van der Waals surface area contributed by atoms with Crippen LogP contribution in [-0.4, -0.2) is 11.8 Å². The Balaban J connectivity index is 2.66. The van der Waals surface area contributed by atoms with E-state index in [9.17, 15) is 0 Å². The molecule has 1 radical (unpaired) electrons. The molecular formula is C10H13N2. The van der Waals surface area contributed by atoms with Gasteiger partial charge in [-0.1, -0.05) is 18.2 Å². The molecule has 1 rings (SSSR count). The van der Waals surface area contributed by atoms with Crippen LogP contribution >= 0.6 is 0 Å². The molecule has 0 spiro atoms. The van der Waals surface area contributed by atoms with Gasteiger partial charge in [-0.3, -0.25) is 0 Å². The molecule has 0 aromatic heterocycles. The van der Waals surface area contributed by atoms with Crippen molar-refractivity contribution in [3.8, 4) is 0 Å². The molecule has 1 aromatic carbocycles. The lowest BCUT2D eigenvalue weighted by Crippen LogP contribution is -2.19. The first-order valence-corrected chi connectivity index (χ1v) is 3.99. The van der Waals surface area contributed by atoms with Crippen LogP contribution in [0.4, 0.5) is 0 Å². The van der Waals surface area contributed by atoms with E-state index < -0.39 is 0 Å². The summed E-state index contributed by atoms with van der Waals surface area (Å²) < 4.78 is 0. The topological polar surface area (TPSA) is 49.9 Å². The summed E-state index contributed by atoms with van der Waals surface area (Å²) in [4.78, 5) is 0. The second kappa shape index (κ2) is 4.02. The van der Waals surface area contributed by atoms with E-state index in [2.05, 4.69) is 6.07 Å². The van der Waals surface area contributed by atoms with Crippen molar-refractivity contribution in [2.24, 2.45) is 5.73 Å². The number of rotatable bonds is 3. The van der Waals surface area contributed by atoms with Gasteiger partial charge in [0.1, 0.15) is 0 Å². The van der Waals surface area contributed by atoms with E-state index in [1.54, 1.807) is 0 Å². The minimum absolute atomic E-state index is 0.0534. The lowest BCUT2D eigenvalue weighted by Gasteiger charge is -2.05. The fraction of sp³-hybridized carbons (Fsp3) is 0.300. The Morgan fingerprint density at radius 1 is 1.75 bits per heavy atom. The van der Waals surface area contributed by atoms with Crippen LogP contribution in [0.5, 0.6) is 0 Å². The quantitative estimate of drug-likeness (QED) is 0.650. The number of nitrogens with one attached hydrogen (secondary N) is 1. The van der Waals surface area contributed by atoms with Gasteiger partial charge in [0.25, 0.3) is 0 Å². The molecule has 1 unspecified atom stereocenters. The van der Waals surface area contributed by atoms with Gasteiger partial charge in [0.2, 0.25) is 0 Å². The van der Waals surface area contributed by atoms with Crippen molar-refractivity contribution in [3.05, 3.63) is 35.9 Å². The fourth-order valence-electron chi connectivity index (χ4n) is 1.02. The molecule has 1 aromatic rings. The third-order valence-electron chi connectivity index (χ3n) is 1.58. The monoisotopic (exact) mass is 161 g/mol. The zero-order valence-electron chi connectivity index (χ0n) is 7.17. The summed E-state index contributed by atoms with van der Waals surface area (Å²) in [6.07, 6.45) is 0.623. The van der Waals surface area contributed by atoms with Gasteiger partial charge in [-0.05, 0) is 24.6 Å². The van der Waals surface area contributed by atoms with Gasteiger partial charge in [0.05, 0.1) is 0 Å². The minimum Gasteiger partial charge on any atom is -0.328 e. The Kier molecular flexibility index (Phi) is 3.00. The van der Waals surface area contributed by atoms with Crippen LogP contribution in [0.3, 0.4) is 0 Å². The summed E-state index contributed by atoms with van der Waals surface area (Å²) in [6, 6.07) is 10.4. The molecule has 1 atom stereocenters. The second-order valence-electron chi connectivity index (χ2n) is 2.95. The molecule has 0 aliphatic rings. The Hall–Kier alpha value is -1.15. The van der Waals surface area contributed by atoms with Crippen LogP contribution in [0.1, 0.15) is 18.9 Å². The third kappa shape index (κ3) is 2.47. The summed E-state index contributed by atoms with van der Waals surface area (Å²) in [5.74, 6) is 0. The lowest BCUT2D eigenvalue weighted by molar-refractivity contribution is 0.777. The predicted octanol–water partition coefficient (Wildman–Crippen LogP) is 1.59. The van der Waals surface area contributed by atoms with Crippen molar-refractivity contribution in [1.29, 1.82) is 5.41 Å². The molecule has 0 amide bonds. The molecule has 0 heterocycles. The highest BCUT2D eigenvalue weighted by atomic mass is 14.6. The molecule has 0 bridgehead atoms. The van der Waals surface area contributed by atoms with Crippen molar-refractivity contribution >= 4 is 5.71 Å². The lowest BCUT2D eigenvalue weighted by atomic mass is 10.0. The molecule has 12 heavy (non-hydrogen) atoms. The zero-order chi connectivity index (χ0) is 8.97. The van der Waals surface area contributed by atoms with Crippen LogP contribution in [0, 0.1) is 11.5 Å². The Labute approximate surface area is 72.9 Å². The summed E-state index contributed by atoms with van der Waals surface area (Å²) in [6.45, 7) is 1.90. The van der Waals surface area contributed by atoms with Crippen molar-refractivity contribution in [2.45, 2.75) is 19.4 Å². The van der Waals surface area contributed by atoms with E-state index in [0.717, 1.165) is 5.56 Å². The number of hydrogen-bond donors (Lipinski definition) is 2. The average molecular weight is 161 g/mol. The molecule has 2 nitrogen and oxygen atoms in total. The average Bonchev–Trinajstić information content (AvgIpc) is 2.05. The van der Waals surface area contributed by atoms with Gasteiger partial charge >= 0.3 is 0 Å². The molecule has 63 valence electrons. The molecule has 3 N–H and O–H groups in total. The first-order chi connectivity index (χ1) is 5.70. The van der Waals surface area contributed by atoms with Crippen LogP contribution in [0.25, 0.3) is 0 Å². The standard InChI is InChI=1S/C10H13N2/c1-8(11)7-10(12)9-5-3-2-4-6-9/h2-3,5-6,8,12H,7,11H2,1H3. The highest BCUT2D eigenvalue weighted by Crippen LogP contribution is 2.03. The van der Waals surface area contributed by atoms with Crippen molar-refractivity contribution in [2.75, 3.05) is 0 Å². The fourth-order valence-corrected chi connectivity index (χ4v) is 1.02. The first-order valence-electron chi connectivity index (χ1n) is 3.99. The van der Waals surface area contributed by atoms with Gasteiger partial charge in [-0.15, -0.1) is 0 Å². The van der Waals surface area contributed by atoms with Crippen LogP contribution in [0.15, 0.2) is 24.3 Å². The maximum absolute atomic E-state index is 7.66. The van der Waals surface area contributed by atoms with Crippen molar-refractivity contribution in [1.82, 2.24) is 0 Å². The molecule has 0 aliphatic heterocycles. The van der Waals surface area contributed by atoms with Gasteiger partial charge in [-0.25, -0.2) is 0 Å². The van der Waals surface area contributed by atoms with E-state index in [1.165, 1.54) is 0 Å². The van der Waals surface area contributed by atoms with E-state index in [1.807, 2.05) is 31.2 Å². The molecule has 0 aliphatic carbocycles. The first kappa shape index (κ1) is 8.94. The summed E-state index contributed by atoms with van der Waals surface area (Å²) in [5, 5.41) is 7.66. The molecular weight excluding hydrogens is 148 g/mol. The summed E-state index contributed by atoms with van der Waals surface area (Å²) >= 11 is 0. The van der Waals surface area contributed by atoms with E-state index >= 15 is 0 Å². The van der Waals surface area contributed by atoms with Crippen LogP contribution in [0.2, 0.25) is 0 Å². The maximum atomic E-state index is 7.66. The van der Waals surface area contributed by atoms with Gasteiger partial charge in [0, 0.05) is 18.2 Å². The minimum atomic E-state index is 0.0534. The third-order valence-corrected chi connectivity index (χ3v) is 1.58. The van der Waals surface area contributed by atoms with Gasteiger partial charge in [-0.2, -0.15) is 0 Å².